The maximum atomic E-state index is 11.7. The molecule has 5 heteroatoms. The summed E-state index contributed by atoms with van der Waals surface area (Å²) < 4.78 is 4.88. The average molecular weight is 235 g/mol. The second kappa shape index (κ2) is 4.45. The Morgan fingerprint density at radius 3 is 2.65 bits per heavy atom. The quantitative estimate of drug-likeness (QED) is 0.771. The Bertz CT molecular complexity index is 431. The van der Waals surface area contributed by atoms with Gasteiger partial charge in [0.25, 0.3) is 0 Å². The van der Waals surface area contributed by atoms with Crippen LogP contribution in [0.1, 0.15) is 12.0 Å². The molecule has 2 rings (SSSR count). The first kappa shape index (κ1) is 11.4. The van der Waals surface area contributed by atoms with Crippen molar-refractivity contribution in [2.24, 2.45) is 0 Å². The van der Waals surface area contributed by atoms with Gasteiger partial charge >= 0.3 is 12.1 Å². The highest BCUT2D eigenvalue weighted by molar-refractivity contribution is 5.87. The monoisotopic (exact) mass is 235 g/mol. The first-order valence-electron chi connectivity index (χ1n) is 5.35. The van der Waals surface area contributed by atoms with E-state index in [4.69, 9.17) is 9.84 Å². The maximum Gasteiger partial charge on any atom is 0.405 e. The number of amides is 1. The van der Waals surface area contributed by atoms with Crippen LogP contribution in [0.4, 0.5) is 4.79 Å². The summed E-state index contributed by atoms with van der Waals surface area (Å²) >= 11 is 0. The number of ether oxygens (including phenoxy) is 1. The van der Waals surface area contributed by atoms with Crippen LogP contribution in [-0.4, -0.2) is 29.3 Å². The van der Waals surface area contributed by atoms with Crippen molar-refractivity contribution in [3.63, 3.8) is 0 Å². The predicted molar refractivity (Wildman–Crippen MR) is 59.6 cm³/mol. The lowest BCUT2D eigenvalue weighted by Crippen LogP contribution is -2.53. The Hall–Kier alpha value is -2.04. The van der Waals surface area contributed by atoms with Gasteiger partial charge in [-0.3, -0.25) is 0 Å². The lowest BCUT2D eigenvalue weighted by atomic mass is 9.89. The summed E-state index contributed by atoms with van der Waals surface area (Å²) in [5.74, 6) is -0.497. The predicted octanol–water partition coefficient (Wildman–Crippen LogP) is 1.18. The summed E-state index contributed by atoms with van der Waals surface area (Å²) in [5.41, 5.74) is -0.229. The molecule has 1 aliphatic rings. The van der Waals surface area contributed by atoms with Crippen molar-refractivity contribution in [2.75, 3.05) is 6.61 Å². The van der Waals surface area contributed by atoms with Gasteiger partial charge in [-0.25, -0.2) is 9.59 Å². The van der Waals surface area contributed by atoms with Gasteiger partial charge in [0.05, 0.1) is 6.61 Å². The van der Waals surface area contributed by atoms with E-state index in [-0.39, 0.29) is 6.61 Å². The van der Waals surface area contributed by atoms with Crippen LogP contribution < -0.4 is 5.32 Å². The molecular weight excluding hydrogens is 222 g/mol. The normalized spacial score (nSPS) is 23.2. The zero-order chi connectivity index (χ0) is 12.3. The molecule has 1 saturated heterocycles. The van der Waals surface area contributed by atoms with E-state index >= 15 is 0 Å². The van der Waals surface area contributed by atoms with E-state index in [2.05, 4.69) is 5.32 Å². The van der Waals surface area contributed by atoms with Crippen molar-refractivity contribution >= 4 is 12.1 Å². The van der Waals surface area contributed by atoms with Crippen molar-refractivity contribution < 1.29 is 19.4 Å². The number of hydrogen-bond acceptors (Lipinski definition) is 3. The van der Waals surface area contributed by atoms with Crippen molar-refractivity contribution in [1.82, 2.24) is 5.32 Å². The minimum absolute atomic E-state index is 0.256. The number of cyclic esters (lactones) is 1. The van der Waals surface area contributed by atoms with Crippen LogP contribution in [0, 0.1) is 0 Å². The van der Waals surface area contributed by atoms with E-state index in [1.165, 1.54) is 0 Å². The van der Waals surface area contributed by atoms with E-state index in [0.717, 1.165) is 5.56 Å². The van der Waals surface area contributed by atoms with Crippen LogP contribution in [0.3, 0.4) is 0 Å². The van der Waals surface area contributed by atoms with Crippen LogP contribution in [0.5, 0.6) is 0 Å². The largest absolute Gasteiger partial charge is 0.465 e. The number of hydrogen-bond donors (Lipinski definition) is 2. The van der Waals surface area contributed by atoms with Gasteiger partial charge in [0.15, 0.2) is 0 Å². The van der Waals surface area contributed by atoms with Crippen LogP contribution in [0.15, 0.2) is 30.3 Å². The molecule has 1 aliphatic heterocycles. The lowest BCUT2D eigenvalue weighted by Gasteiger charge is -2.24. The van der Waals surface area contributed by atoms with Crippen LogP contribution in [-0.2, 0) is 16.0 Å². The summed E-state index contributed by atoms with van der Waals surface area (Å²) in [6.07, 6.45) is -0.522. The third-order valence-corrected chi connectivity index (χ3v) is 2.85. The number of nitrogens with one attached hydrogen (secondary N) is 1. The van der Waals surface area contributed by atoms with E-state index in [9.17, 15) is 9.59 Å². The molecule has 0 aliphatic carbocycles. The average Bonchev–Trinajstić information content (AvgIpc) is 2.61. The summed E-state index contributed by atoms with van der Waals surface area (Å²) in [7, 11) is 0. The highest BCUT2D eigenvalue weighted by Crippen LogP contribution is 2.25. The molecule has 0 spiro atoms. The molecule has 1 aromatic rings. The van der Waals surface area contributed by atoms with Gasteiger partial charge in [0.1, 0.15) is 5.54 Å². The number of carbonyl (C=O) groups is 2. The fourth-order valence-corrected chi connectivity index (χ4v) is 2.03. The molecule has 90 valence electrons. The first-order chi connectivity index (χ1) is 8.12. The fourth-order valence-electron chi connectivity index (χ4n) is 2.03. The number of carbonyl (C=O) groups excluding carboxylic acids is 1. The standard InChI is InChI=1S/C12H13NO4/c14-10-12(6-7-17-10,13-11(15)16)8-9-4-2-1-3-5-9/h1-5,13H,6-8H2,(H,15,16). The summed E-state index contributed by atoms with van der Waals surface area (Å²) in [6, 6.07) is 9.29. The summed E-state index contributed by atoms with van der Waals surface area (Å²) in [6.45, 7) is 0.256. The molecule has 0 saturated carbocycles. The van der Waals surface area contributed by atoms with Gasteiger partial charge < -0.3 is 15.2 Å². The molecular formula is C12H13NO4. The molecule has 1 unspecified atom stereocenters. The SMILES string of the molecule is O=C(O)NC1(Cc2ccccc2)CCOC1=O. The number of benzene rings is 1. The zero-order valence-electron chi connectivity index (χ0n) is 9.18. The van der Waals surface area contributed by atoms with Crippen molar-refractivity contribution in [1.29, 1.82) is 0 Å². The molecule has 1 fully saturated rings. The molecule has 1 atom stereocenters. The van der Waals surface area contributed by atoms with Gasteiger partial charge in [0, 0.05) is 12.8 Å². The summed E-state index contributed by atoms with van der Waals surface area (Å²) in [4.78, 5) is 22.5. The molecule has 0 aromatic heterocycles. The van der Waals surface area contributed by atoms with Crippen LogP contribution in [0.2, 0.25) is 0 Å². The van der Waals surface area contributed by atoms with Gasteiger partial charge in [-0.1, -0.05) is 30.3 Å². The van der Waals surface area contributed by atoms with Gasteiger partial charge in [-0.15, -0.1) is 0 Å². The summed E-state index contributed by atoms with van der Waals surface area (Å²) in [5, 5.41) is 11.1. The number of rotatable bonds is 3. The Balaban J connectivity index is 2.22. The topological polar surface area (TPSA) is 75.6 Å². The highest BCUT2D eigenvalue weighted by Gasteiger charge is 2.45. The van der Waals surface area contributed by atoms with Crippen LogP contribution in [0.25, 0.3) is 0 Å². The minimum Gasteiger partial charge on any atom is -0.465 e. The number of esters is 1. The van der Waals surface area contributed by atoms with Gasteiger partial charge in [-0.2, -0.15) is 0 Å². The fraction of sp³-hybridized carbons (Fsp3) is 0.333. The molecule has 0 bridgehead atoms. The molecule has 0 radical (unpaired) electrons. The third-order valence-electron chi connectivity index (χ3n) is 2.85. The molecule has 1 aromatic carbocycles. The van der Waals surface area contributed by atoms with Crippen LogP contribution >= 0.6 is 0 Å². The van der Waals surface area contributed by atoms with E-state index in [1.807, 2.05) is 30.3 Å². The Morgan fingerprint density at radius 1 is 1.41 bits per heavy atom. The van der Waals surface area contributed by atoms with Gasteiger partial charge in [0.2, 0.25) is 0 Å². The molecule has 2 N–H and O–H groups in total. The van der Waals surface area contributed by atoms with Crippen molar-refractivity contribution in [3.8, 4) is 0 Å². The smallest absolute Gasteiger partial charge is 0.405 e. The van der Waals surface area contributed by atoms with E-state index in [0.29, 0.717) is 12.8 Å². The minimum atomic E-state index is -1.21. The molecule has 17 heavy (non-hydrogen) atoms. The van der Waals surface area contributed by atoms with E-state index < -0.39 is 17.6 Å². The lowest BCUT2D eigenvalue weighted by molar-refractivity contribution is -0.143. The zero-order valence-corrected chi connectivity index (χ0v) is 9.18. The van der Waals surface area contributed by atoms with Crippen molar-refractivity contribution in [2.45, 2.75) is 18.4 Å². The highest BCUT2D eigenvalue weighted by atomic mass is 16.5. The second-order valence-electron chi connectivity index (χ2n) is 4.06. The molecule has 1 heterocycles. The maximum absolute atomic E-state index is 11.7. The molecule has 5 nitrogen and oxygen atoms in total. The molecule has 1 amide bonds. The Labute approximate surface area is 98.4 Å². The Morgan fingerprint density at radius 2 is 2.12 bits per heavy atom. The van der Waals surface area contributed by atoms with Gasteiger partial charge in [-0.05, 0) is 5.56 Å². The van der Waals surface area contributed by atoms with Crippen molar-refractivity contribution in [3.05, 3.63) is 35.9 Å². The Kier molecular flexibility index (Phi) is 2.99. The second-order valence-corrected chi connectivity index (χ2v) is 4.06. The third kappa shape index (κ3) is 2.38. The number of carboxylic acid groups (broad SMARTS) is 1. The first-order valence-corrected chi connectivity index (χ1v) is 5.35. The van der Waals surface area contributed by atoms with E-state index in [1.54, 1.807) is 0 Å².